The van der Waals surface area contributed by atoms with Crippen LogP contribution in [0.3, 0.4) is 0 Å². The molecule has 2 heterocycles. The molecule has 0 saturated heterocycles. The van der Waals surface area contributed by atoms with Crippen molar-refractivity contribution in [3.63, 3.8) is 0 Å². The molecular formula is C16H18N6O. The lowest BCUT2D eigenvalue weighted by molar-refractivity contribution is 0.769. The Bertz CT molecular complexity index is 937. The highest BCUT2D eigenvalue weighted by Crippen LogP contribution is 2.24. The molecule has 2 aromatic heterocycles. The second kappa shape index (κ2) is 6.04. The van der Waals surface area contributed by atoms with Crippen LogP contribution in [0.4, 0.5) is 5.82 Å². The molecule has 3 aromatic rings. The maximum atomic E-state index is 11.2. The van der Waals surface area contributed by atoms with E-state index in [4.69, 9.17) is 0 Å². The molecule has 3 rings (SSSR count). The predicted molar refractivity (Wildman–Crippen MR) is 91.0 cm³/mol. The van der Waals surface area contributed by atoms with E-state index in [0.717, 1.165) is 23.2 Å². The number of nitrogens with one attached hydrogen (secondary N) is 2. The van der Waals surface area contributed by atoms with Crippen LogP contribution >= 0.6 is 0 Å². The molecule has 2 N–H and O–H groups in total. The Morgan fingerprint density at radius 1 is 1.35 bits per heavy atom. The topological polar surface area (TPSA) is 88.0 Å². The summed E-state index contributed by atoms with van der Waals surface area (Å²) in [5, 5.41) is 11.5. The molecule has 0 radical (unpaired) electrons. The SMILES string of the molecule is CCn1c(C)c(/C=N/Nc2nc(=O)[nH]nc2C)c2ccccc21. The molecule has 0 aliphatic heterocycles. The Morgan fingerprint density at radius 3 is 2.91 bits per heavy atom. The van der Waals surface area contributed by atoms with Crippen LogP contribution in [0.2, 0.25) is 0 Å². The van der Waals surface area contributed by atoms with Gasteiger partial charge in [-0.05, 0) is 26.8 Å². The van der Waals surface area contributed by atoms with Crippen molar-refractivity contribution in [2.24, 2.45) is 5.10 Å². The number of aryl methyl sites for hydroxylation is 2. The minimum atomic E-state index is -0.507. The van der Waals surface area contributed by atoms with Crippen LogP contribution < -0.4 is 11.1 Å². The number of nitrogens with zero attached hydrogens (tertiary/aromatic N) is 4. The Morgan fingerprint density at radius 2 is 2.13 bits per heavy atom. The largest absolute Gasteiger partial charge is 0.363 e. The molecule has 0 saturated carbocycles. The van der Waals surface area contributed by atoms with Crippen molar-refractivity contribution in [2.45, 2.75) is 27.3 Å². The molecule has 0 bridgehead atoms. The maximum absolute atomic E-state index is 11.2. The molecule has 0 amide bonds. The van der Waals surface area contributed by atoms with Gasteiger partial charge in [0.05, 0.1) is 6.21 Å². The van der Waals surface area contributed by atoms with Crippen LogP contribution in [0.15, 0.2) is 34.2 Å². The molecule has 0 fully saturated rings. The lowest BCUT2D eigenvalue weighted by atomic mass is 10.1. The molecular weight excluding hydrogens is 292 g/mol. The summed E-state index contributed by atoms with van der Waals surface area (Å²) < 4.78 is 2.25. The van der Waals surface area contributed by atoms with Crippen LogP contribution in [0.1, 0.15) is 23.9 Å². The van der Waals surface area contributed by atoms with E-state index < -0.39 is 5.69 Å². The molecule has 7 nitrogen and oxygen atoms in total. The van der Waals surface area contributed by atoms with Gasteiger partial charge in [-0.1, -0.05) is 18.2 Å². The van der Waals surface area contributed by atoms with E-state index in [1.807, 2.05) is 12.1 Å². The minimum Gasteiger partial charge on any atom is -0.344 e. The first-order chi connectivity index (χ1) is 11.1. The molecule has 7 heteroatoms. The molecule has 118 valence electrons. The highest BCUT2D eigenvalue weighted by atomic mass is 16.1. The van der Waals surface area contributed by atoms with Gasteiger partial charge < -0.3 is 4.57 Å². The smallest absolute Gasteiger partial charge is 0.344 e. The lowest BCUT2D eigenvalue weighted by Gasteiger charge is -2.03. The molecule has 0 aliphatic carbocycles. The Hall–Kier alpha value is -2.96. The number of anilines is 1. The number of para-hydroxylation sites is 1. The molecule has 0 spiro atoms. The number of rotatable bonds is 4. The number of aromatic amines is 1. The molecule has 23 heavy (non-hydrogen) atoms. The zero-order valence-corrected chi connectivity index (χ0v) is 13.3. The van der Waals surface area contributed by atoms with Crippen molar-refractivity contribution < 1.29 is 0 Å². The van der Waals surface area contributed by atoms with Gasteiger partial charge in [0, 0.05) is 28.7 Å². The van der Waals surface area contributed by atoms with Gasteiger partial charge in [0.1, 0.15) is 5.69 Å². The minimum absolute atomic E-state index is 0.349. The number of H-pyrrole nitrogens is 1. The van der Waals surface area contributed by atoms with Crippen LogP contribution in [0.25, 0.3) is 10.9 Å². The third-order valence-corrected chi connectivity index (χ3v) is 3.84. The van der Waals surface area contributed by atoms with E-state index in [0.29, 0.717) is 11.5 Å². The van der Waals surface area contributed by atoms with Gasteiger partial charge in [0.2, 0.25) is 0 Å². The third kappa shape index (κ3) is 2.73. The van der Waals surface area contributed by atoms with E-state index in [1.54, 1.807) is 13.1 Å². The van der Waals surface area contributed by atoms with Gasteiger partial charge >= 0.3 is 5.69 Å². The van der Waals surface area contributed by atoms with Gasteiger partial charge in [0.15, 0.2) is 5.82 Å². The monoisotopic (exact) mass is 310 g/mol. The summed E-state index contributed by atoms with van der Waals surface area (Å²) in [4.78, 5) is 15.0. The molecule has 0 unspecified atom stereocenters. The van der Waals surface area contributed by atoms with Crippen molar-refractivity contribution in [1.29, 1.82) is 0 Å². The number of benzene rings is 1. The molecule has 0 aliphatic rings. The van der Waals surface area contributed by atoms with Crippen molar-refractivity contribution in [3.8, 4) is 0 Å². The maximum Gasteiger partial charge on any atom is 0.363 e. The first-order valence-electron chi connectivity index (χ1n) is 7.42. The fourth-order valence-electron chi connectivity index (χ4n) is 2.68. The third-order valence-electron chi connectivity index (χ3n) is 3.84. The van der Waals surface area contributed by atoms with Gasteiger partial charge in [-0.25, -0.2) is 9.89 Å². The fraction of sp³-hybridized carbons (Fsp3) is 0.250. The van der Waals surface area contributed by atoms with E-state index in [1.165, 1.54) is 5.52 Å². The van der Waals surface area contributed by atoms with Crippen molar-refractivity contribution in [1.82, 2.24) is 19.7 Å². The number of hydrogen-bond acceptors (Lipinski definition) is 5. The zero-order valence-electron chi connectivity index (χ0n) is 13.3. The Labute approximate surface area is 133 Å². The number of fused-ring (bicyclic) bond motifs is 1. The highest BCUT2D eigenvalue weighted by molar-refractivity contribution is 6.01. The van der Waals surface area contributed by atoms with E-state index >= 15 is 0 Å². The van der Waals surface area contributed by atoms with Gasteiger partial charge in [-0.3, -0.25) is 5.43 Å². The van der Waals surface area contributed by atoms with E-state index in [9.17, 15) is 4.79 Å². The quantitative estimate of drug-likeness (QED) is 0.571. The van der Waals surface area contributed by atoms with Crippen molar-refractivity contribution in [3.05, 3.63) is 51.7 Å². The Balaban J connectivity index is 1.97. The summed E-state index contributed by atoms with van der Waals surface area (Å²) in [6.07, 6.45) is 1.76. The Kier molecular flexibility index (Phi) is 3.92. The number of hydrazone groups is 1. The first kappa shape index (κ1) is 15.0. The van der Waals surface area contributed by atoms with E-state index in [-0.39, 0.29) is 0 Å². The van der Waals surface area contributed by atoms with Crippen LogP contribution in [0, 0.1) is 13.8 Å². The lowest BCUT2D eigenvalue weighted by Crippen LogP contribution is -2.15. The second-order valence-corrected chi connectivity index (χ2v) is 5.21. The summed E-state index contributed by atoms with van der Waals surface area (Å²) >= 11 is 0. The van der Waals surface area contributed by atoms with Crippen molar-refractivity contribution in [2.75, 3.05) is 5.43 Å². The molecule has 1 aromatic carbocycles. The summed E-state index contributed by atoms with van der Waals surface area (Å²) in [6, 6.07) is 8.22. The summed E-state index contributed by atoms with van der Waals surface area (Å²) in [5.41, 5.74) is 6.23. The summed E-state index contributed by atoms with van der Waals surface area (Å²) in [7, 11) is 0. The van der Waals surface area contributed by atoms with Gasteiger partial charge in [0.25, 0.3) is 0 Å². The number of aromatic nitrogens is 4. The van der Waals surface area contributed by atoms with Crippen molar-refractivity contribution >= 4 is 22.9 Å². The summed E-state index contributed by atoms with van der Waals surface area (Å²) in [6.45, 7) is 6.83. The number of hydrogen-bond donors (Lipinski definition) is 2. The highest BCUT2D eigenvalue weighted by Gasteiger charge is 2.10. The van der Waals surface area contributed by atoms with Gasteiger partial charge in [-0.15, -0.1) is 0 Å². The summed E-state index contributed by atoms with van der Waals surface area (Å²) in [5.74, 6) is 0.349. The molecule has 0 atom stereocenters. The van der Waals surface area contributed by atoms with E-state index in [2.05, 4.69) is 56.3 Å². The van der Waals surface area contributed by atoms with Crippen LogP contribution in [-0.4, -0.2) is 26.0 Å². The second-order valence-electron chi connectivity index (χ2n) is 5.21. The zero-order chi connectivity index (χ0) is 16.4. The van der Waals surface area contributed by atoms with Gasteiger partial charge in [-0.2, -0.15) is 15.2 Å². The average Bonchev–Trinajstić information content (AvgIpc) is 2.82. The normalized spacial score (nSPS) is 11.4. The standard InChI is InChI=1S/C16H18N6O/c1-4-22-11(3)13(12-7-5-6-8-14(12)22)9-17-20-15-10(2)19-21-16(23)18-15/h5-9H,4H2,1-3H3,(H2,18,20,21,23)/b17-9+. The first-order valence-corrected chi connectivity index (χ1v) is 7.42. The predicted octanol–water partition coefficient (Wildman–Crippen LogP) is 2.20. The van der Waals surface area contributed by atoms with Crippen LogP contribution in [0.5, 0.6) is 0 Å². The average molecular weight is 310 g/mol. The van der Waals surface area contributed by atoms with Crippen LogP contribution in [-0.2, 0) is 6.54 Å². The fourth-order valence-corrected chi connectivity index (χ4v) is 2.68.